The molecule has 538 valence electrons. The molecule has 0 saturated carbocycles. The standard InChI is InChI=1S/C59H86N12O26/c1-22(2)13-35(77)96-48-32(20-74)95-57(47(86)43(48)82)97-49-33(21-75)94-56(46(85)44(49)83)92-26-11-9-24(10-12-26)14-27-51(88)69-37(39(78)28-15-63-58(60)67-28)54(91)70-38(40(79)30-16-64-59(61)71(30)55-45(84)42(81)41(80)31(19-73)93-55)53(90)66-29(18-72)50(87)62-17-34(76)68-36(52(89)65-27)23(3)25-7-5-4-6-8-25/h4-12,22-23,27-33,36-49,55-57,72-75,78-86H,13-21H2,1-3H3,(H2,61,64)(H,62,87)(H,65,89)(H,66,90)(H,68,76)(H,69,88)(H,70,91)(H3,60,63,67). The van der Waals surface area contributed by atoms with E-state index in [9.17, 15) is 90.4 Å². The van der Waals surface area contributed by atoms with Crippen molar-refractivity contribution in [3.8, 4) is 5.75 Å². The molecule has 8 rings (SSSR count). The van der Waals surface area contributed by atoms with Crippen LogP contribution in [0.25, 0.3) is 0 Å². The predicted octanol–water partition coefficient (Wildman–Crippen LogP) is -11.6. The van der Waals surface area contributed by atoms with Crippen molar-refractivity contribution < 1.29 is 128 Å². The Labute approximate surface area is 553 Å². The van der Waals surface area contributed by atoms with Crippen LogP contribution in [0.2, 0.25) is 0 Å². The summed E-state index contributed by atoms with van der Waals surface area (Å²) in [6, 6.07) is 0.644. The van der Waals surface area contributed by atoms with Crippen LogP contribution in [-0.4, -0.2) is 317 Å². The number of guanidine groups is 2. The summed E-state index contributed by atoms with van der Waals surface area (Å²) in [4.78, 5) is 101. The van der Waals surface area contributed by atoms with Crippen LogP contribution in [0.3, 0.4) is 0 Å². The van der Waals surface area contributed by atoms with Gasteiger partial charge >= 0.3 is 5.97 Å². The summed E-state index contributed by atoms with van der Waals surface area (Å²) < 4.78 is 34.1. The Balaban J connectivity index is 1.08. The average molecular weight is 1380 g/mol. The molecule has 25 unspecified atom stereocenters. The molecule has 25 atom stereocenters. The first-order chi connectivity index (χ1) is 46.1. The van der Waals surface area contributed by atoms with Gasteiger partial charge in [0.25, 0.3) is 0 Å². The van der Waals surface area contributed by atoms with Crippen LogP contribution in [-0.2, 0) is 63.7 Å². The highest BCUT2D eigenvalue weighted by Crippen LogP contribution is 2.33. The van der Waals surface area contributed by atoms with E-state index in [-0.39, 0.29) is 36.2 Å². The Morgan fingerprint density at radius 1 is 0.577 bits per heavy atom. The fourth-order valence-corrected chi connectivity index (χ4v) is 11.9. The minimum atomic E-state index is -2.37. The Bertz CT molecular complexity index is 3070. The van der Waals surface area contributed by atoms with E-state index in [2.05, 4.69) is 47.9 Å². The number of amides is 6. The lowest BCUT2D eigenvalue weighted by molar-refractivity contribution is -0.353. The van der Waals surface area contributed by atoms with Gasteiger partial charge < -0.3 is 148 Å². The number of ether oxygens (including phenoxy) is 6. The van der Waals surface area contributed by atoms with Crippen molar-refractivity contribution in [1.29, 1.82) is 10.8 Å². The number of hydrogen-bond acceptors (Lipinski definition) is 28. The van der Waals surface area contributed by atoms with Gasteiger partial charge in [0, 0.05) is 31.8 Å². The number of aliphatic hydroxyl groups excluding tert-OH is 13. The van der Waals surface area contributed by atoms with Crippen LogP contribution < -0.4 is 52.6 Å². The number of benzene rings is 2. The molecular formula is C59H86N12O26. The number of aliphatic hydroxyl groups is 13. The van der Waals surface area contributed by atoms with Crippen LogP contribution in [0, 0.1) is 16.7 Å². The van der Waals surface area contributed by atoms with Crippen molar-refractivity contribution in [3.63, 3.8) is 0 Å². The first kappa shape index (κ1) is 75.2. The van der Waals surface area contributed by atoms with E-state index in [1.54, 1.807) is 51.1 Å². The van der Waals surface area contributed by atoms with Gasteiger partial charge in [0.15, 0.2) is 30.5 Å². The number of carbonyl (C=O) groups excluding carboxylic acids is 7. The SMILES string of the molecule is CC(C)CC(=O)OC1C(CO)OC(OC2C(CO)OC(Oc3ccc(CC4NC(=O)C(C(C)c5ccccc5)NC(=O)CNC(=O)C(CO)NC(=O)C(C(O)C5CNC(=N)N5C5OC(CO)C(O)C(O)C5O)NC(=O)C(C(O)C5CNC(=N)N5)NC4=O)cc3)C(O)C2O)C(O)C1O. The number of nitrogens with zero attached hydrogens (tertiary/aromatic N) is 1. The first-order valence-electron chi connectivity index (χ1n) is 31.3. The largest absolute Gasteiger partial charge is 0.462 e. The van der Waals surface area contributed by atoms with Gasteiger partial charge in [0.2, 0.25) is 41.7 Å². The number of carbonyl (C=O) groups is 7. The molecule has 2 aromatic rings. The molecule has 0 bridgehead atoms. The fourth-order valence-electron chi connectivity index (χ4n) is 11.9. The monoisotopic (exact) mass is 1380 g/mol. The van der Waals surface area contributed by atoms with E-state index < -0.39 is 246 Å². The number of esters is 1. The van der Waals surface area contributed by atoms with Crippen LogP contribution in [0.5, 0.6) is 5.75 Å². The molecule has 2 aromatic carbocycles. The van der Waals surface area contributed by atoms with Gasteiger partial charge in [-0.15, -0.1) is 0 Å². The van der Waals surface area contributed by atoms with Crippen molar-refractivity contribution in [2.24, 2.45) is 5.92 Å². The maximum atomic E-state index is 15.2. The van der Waals surface area contributed by atoms with Crippen molar-refractivity contribution in [2.75, 3.05) is 46.1 Å². The van der Waals surface area contributed by atoms with E-state index in [1.165, 1.54) is 24.3 Å². The maximum Gasteiger partial charge on any atom is 0.306 e. The molecule has 0 aliphatic carbocycles. The van der Waals surface area contributed by atoms with Crippen molar-refractivity contribution >= 4 is 53.3 Å². The second-order valence-corrected chi connectivity index (χ2v) is 24.7. The molecule has 0 radical (unpaired) electrons. The van der Waals surface area contributed by atoms with Gasteiger partial charge in [0.05, 0.1) is 45.1 Å². The molecule has 6 amide bonds. The molecule has 6 fully saturated rings. The van der Waals surface area contributed by atoms with Gasteiger partial charge in [-0.3, -0.25) is 44.4 Å². The molecule has 6 heterocycles. The highest BCUT2D eigenvalue weighted by Gasteiger charge is 2.55. The molecule has 0 spiro atoms. The third kappa shape index (κ3) is 17.6. The summed E-state index contributed by atoms with van der Waals surface area (Å²) in [6.07, 6.45) is -32.0. The van der Waals surface area contributed by atoms with Crippen LogP contribution in [0.15, 0.2) is 54.6 Å². The third-order valence-corrected chi connectivity index (χ3v) is 17.4. The van der Waals surface area contributed by atoms with Crippen molar-refractivity contribution in [2.45, 2.75) is 186 Å². The molecule has 6 aliphatic rings. The van der Waals surface area contributed by atoms with Gasteiger partial charge in [-0.1, -0.05) is 63.2 Å². The highest BCUT2D eigenvalue weighted by atomic mass is 16.7. The quantitative estimate of drug-likeness (QED) is 0.0547. The van der Waals surface area contributed by atoms with E-state index in [4.69, 9.17) is 39.2 Å². The first-order valence-corrected chi connectivity index (χ1v) is 31.3. The molecular weight excluding hydrogens is 1290 g/mol. The Morgan fingerprint density at radius 2 is 1.16 bits per heavy atom. The lowest BCUT2D eigenvalue weighted by Crippen LogP contribution is -2.69. The van der Waals surface area contributed by atoms with E-state index >= 15 is 9.59 Å². The van der Waals surface area contributed by atoms with E-state index in [0.717, 1.165) is 4.90 Å². The molecule has 6 saturated heterocycles. The average Bonchev–Trinajstić information content (AvgIpc) is 1.77. The summed E-state index contributed by atoms with van der Waals surface area (Å²) in [5.74, 6) is -10.3. The Kier molecular flexibility index (Phi) is 25.8. The van der Waals surface area contributed by atoms with Crippen molar-refractivity contribution in [3.05, 3.63) is 65.7 Å². The number of hydrogen-bond donors (Lipinski definition) is 24. The summed E-state index contributed by atoms with van der Waals surface area (Å²) in [5, 5.41) is 181. The number of rotatable bonds is 20. The normalized spacial score (nSPS) is 35.9. The van der Waals surface area contributed by atoms with Gasteiger partial charge in [-0.25, -0.2) is 0 Å². The molecule has 97 heavy (non-hydrogen) atoms. The Hall–Kier alpha value is -7.61. The zero-order valence-corrected chi connectivity index (χ0v) is 52.6. The van der Waals surface area contributed by atoms with Crippen LogP contribution in [0.1, 0.15) is 44.2 Å². The number of nitrogens with one attached hydrogen (secondary N) is 11. The summed E-state index contributed by atoms with van der Waals surface area (Å²) in [5.41, 5.74) is 0.689. The Morgan fingerprint density at radius 3 is 1.79 bits per heavy atom. The molecule has 38 nitrogen and oxygen atoms in total. The van der Waals surface area contributed by atoms with E-state index in [1.807, 2.05) is 0 Å². The van der Waals surface area contributed by atoms with Crippen LogP contribution in [0.4, 0.5) is 0 Å². The zero-order chi connectivity index (χ0) is 70.9. The predicted molar refractivity (Wildman–Crippen MR) is 325 cm³/mol. The second-order valence-electron chi connectivity index (χ2n) is 24.7. The van der Waals surface area contributed by atoms with Crippen molar-refractivity contribution in [1.82, 2.24) is 52.8 Å². The second kappa shape index (κ2) is 33.3. The fraction of sp³-hybridized carbons (Fsp3) is 0.644. The minimum absolute atomic E-state index is 0.0615. The summed E-state index contributed by atoms with van der Waals surface area (Å²) in [7, 11) is 0. The lowest BCUT2D eigenvalue weighted by Gasteiger charge is -2.46. The maximum absolute atomic E-state index is 15.2. The molecule has 38 heteroatoms. The molecule has 24 N–H and O–H groups in total. The highest BCUT2D eigenvalue weighted by molar-refractivity contribution is 5.98. The van der Waals surface area contributed by atoms with Gasteiger partial charge in [-0.05, 0) is 29.2 Å². The topological polar surface area (TPSA) is 597 Å². The lowest BCUT2D eigenvalue weighted by atomic mass is 9.92. The zero-order valence-electron chi connectivity index (χ0n) is 52.6. The van der Waals surface area contributed by atoms with Crippen LogP contribution >= 0.6 is 0 Å². The van der Waals surface area contributed by atoms with E-state index in [0.29, 0.717) is 5.56 Å². The molecule has 6 aliphatic heterocycles. The third-order valence-electron chi connectivity index (χ3n) is 17.4. The summed E-state index contributed by atoms with van der Waals surface area (Å²) >= 11 is 0. The van der Waals surface area contributed by atoms with Gasteiger partial charge in [0.1, 0.15) is 115 Å². The summed E-state index contributed by atoms with van der Waals surface area (Å²) in [6.45, 7) is -0.469. The van der Waals surface area contributed by atoms with Gasteiger partial charge in [-0.2, -0.15) is 0 Å². The minimum Gasteiger partial charge on any atom is -0.462 e. The smallest absolute Gasteiger partial charge is 0.306 e. The molecule has 0 aromatic heterocycles.